The highest BCUT2D eigenvalue weighted by atomic mass is 35.5. The van der Waals surface area contributed by atoms with E-state index in [1.807, 2.05) is 17.0 Å². The Morgan fingerprint density at radius 2 is 1.94 bits per heavy atom. The molecule has 2 aromatic heterocycles. The van der Waals surface area contributed by atoms with Gasteiger partial charge in [-0.15, -0.1) is 0 Å². The molecule has 1 aromatic carbocycles. The number of pyridine rings is 1. The van der Waals surface area contributed by atoms with Crippen molar-refractivity contribution in [1.82, 2.24) is 14.9 Å². The summed E-state index contributed by atoms with van der Waals surface area (Å²) in [5, 5.41) is 10.5. The lowest BCUT2D eigenvalue weighted by atomic mass is 9.73. The third-order valence-electron chi connectivity index (χ3n) is 6.20. The molecule has 2 aliphatic rings. The molecule has 0 bridgehead atoms. The van der Waals surface area contributed by atoms with Crippen molar-refractivity contribution in [3.8, 4) is 17.0 Å². The number of methoxy groups -OCH3 is 1. The molecule has 0 aliphatic carbocycles. The van der Waals surface area contributed by atoms with Crippen LogP contribution in [0.25, 0.3) is 22.0 Å². The molecule has 1 amide bonds. The van der Waals surface area contributed by atoms with Crippen molar-refractivity contribution in [3.05, 3.63) is 41.0 Å². The molecule has 8 nitrogen and oxygen atoms in total. The number of carboxylic acids is 1. The summed E-state index contributed by atoms with van der Waals surface area (Å²) in [6, 6.07) is 7.28. The number of aromatic carboxylic acids is 1. The van der Waals surface area contributed by atoms with Gasteiger partial charge in [0.1, 0.15) is 5.82 Å². The number of rotatable bonds is 4. The summed E-state index contributed by atoms with van der Waals surface area (Å²) in [4.78, 5) is 34.6. The molecular formula is C22H21ClN4O4. The van der Waals surface area contributed by atoms with E-state index in [1.165, 1.54) is 6.20 Å². The van der Waals surface area contributed by atoms with Crippen LogP contribution in [0.3, 0.4) is 0 Å². The Balaban J connectivity index is 1.44. The minimum Gasteiger partial charge on any atom is -0.480 e. The Morgan fingerprint density at radius 1 is 1.19 bits per heavy atom. The second-order valence-corrected chi connectivity index (χ2v) is 8.75. The number of ether oxygens (including phenoxy) is 1. The van der Waals surface area contributed by atoms with Crippen molar-refractivity contribution in [1.29, 1.82) is 0 Å². The zero-order chi connectivity index (χ0) is 21.9. The molecule has 9 heteroatoms. The number of carboxylic acid groups (broad SMARTS) is 1. The molecule has 0 saturated carbocycles. The minimum atomic E-state index is -1.01. The van der Waals surface area contributed by atoms with E-state index < -0.39 is 5.97 Å². The van der Waals surface area contributed by atoms with Gasteiger partial charge in [-0.3, -0.25) is 4.79 Å². The number of H-pyrrole nitrogens is 1. The highest BCUT2D eigenvalue weighted by molar-refractivity contribution is 6.34. The molecule has 31 heavy (non-hydrogen) atoms. The van der Waals surface area contributed by atoms with E-state index >= 15 is 0 Å². The fourth-order valence-electron chi connectivity index (χ4n) is 4.61. The van der Waals surface area contributed by atoms with Gasteiger partial charge in [-0.1, -0.05) is 11.6 Å². The molecule has 160 valence electrons. The Labute approximate surface area is 183 Å². The van der Waals surface area contributed by atoms with E-state index in [0.717, 1.165) is 32.0 Å². The standard InChI is InChI=1S/C22H21ClN4O4/c1-12(28)26-8-22(9-26)10-27(11-22)19-4-3-13(20(25-19)31-2)14-5-15-16(21(29)30)7-24-18(15)6-17(14)23/h3-7,24H,8-11H2,1-2H3,(H,29,30). The summed E-state index contributed by atoms with van der Waals surface area (Å²) < 4.78 is 5.55. The summed E-state index contributed by atoms with van der Waals surface area (Å²) in [7, 11) is 1.55. The molecule has 0 atom stereocenters. The van der Waals surface area contributed by atoms with Gasteiger partial charge in [0.2, 0.25) is 11.8 Å². The van der Waals surface area contributed by atoms with Crippen LogP contribution < -0.4 is 9.64 Å². The Morgan fingerprint density at radius 3 is 2.58 bits per heavy atom. The highest BCUT2D eigenvalue weighted by Crippen LogP contribution is 2.43. The van der Waals surface area contributed by atoms with Gasteiger partial charge < -0.3 is 24.6 Å². The number of aromatic nitrogens is 2. The SMILES string of the molecule is COc1nc(N2CC3(CN(C(C)=O)C3)C2)ccc1-c1cc2c(C(=O)O)c[nH]c2cc1Cl. The van der Waals surface area contributed by atoms with Crippen LogP contribution in [0.2, 0.25) is 5.02 Å². The van der Waals surface area contributed by atoms with Gasteiger partial charge in [-0.25, -0.2) is 4.79 Å². The van der Waals surface area contributed by atoms with Crippen LogP contribution in [0.1, 0.15) is 17.3 Å². The fraction of sp³-hybridized carbons (Fsp3) is 0.318. The molecule has 4 heterocycles. The number of nitrogens with one attached hydrogen (secondary N) is 1. The van der Waals surface area contributed by atoms with E-state index in [2.05, 4.69) is 14.9 Å². The predicted molar refractivity (Wildman–Crippen MR) is 117 cm³/mol. The predicted octanol–water partition coefficient (Wildman–Crippen LogP) is 3.26. The van der Waals surface area contributed by atoms with Crippen LogP contribution in [0.4, 0.5) is 5.82 Å². The van der Waals surface area contributed by atoms with Crippen LogP contribution in [0.5, 0.6) is 5.88 Å². The Bertz CT molecular complexity index is 1220. The van der Waals surface area contributed by atoms with Crippen molar-refractivity contribution in [3.63, 3.8) is 0 Å². The number of carbonyl (C=O) groups excluding carboxylic acids is 1. The molecule has 5 rings (SSSR count). The van der Waals surface area contributed by atoms with Gasteiger partial charge in [0, 0.05) is 66.7 Å². The molecule has 2 saturated heterocycles. The molecular weight excluding hydrogens is 420 g/mol. The number of fused-ring (bicyclic) bond motifs is 1. The third-order valence-corrected chi connectivity index (χ3v) is 6.52. The normalized spacial score (nSPS) is 16.9. The van der Waals surface area contributed by atoms with Crippen LogP contribution >= 0.6 is 11.6 Å². The van der Waals surface area contributed by atoms with Gasteiger partial charge in [-0.05, 0) is 24.3 Å². The number of carbonyl (C=O) groups is 2. The lowest BCUT2D eigenvalue weighted by Crippen LogP contribution is -2.73. The zero-order valence-corrected chi connectivity index (χ0v) is 17.9. The quantitative estimate of drug-likeness (QED) is 0.646. The first-order valence-corrected chi connectivity index (χ1v) is 10.3. The second kappa shape index (κ2) is 6.88. The summed E-state index contributed by atoms with van der Waals surface area (Å²) in [6.07, 6.45) is 1.46. The van der Waals surface area contributed by atoms with Crippen molar-refractivity contribution >= 4 is 40.2 Å². The van der Waals surface area contributed by atoms with Gasteiger partial charge in [0.05, 0.1) is 17.7 Å². The Kier molecular flexibility index (Phi) is 4.37. The number of aromatic amines is 1. The lowest BCUT2D eigenvalue weighted by molar-refractivity contribution is -0.142. The number of nitrogens with zero attached hydrogens (tertiary/aromatic N) is 3. The molecule has 2 fully saturated rings. The van der Waals surface area contributed by atoms with Crippen LogP contribution in [0, 0.1) is 5.41 Å². The van der Waals surface area contributed by atoms with E-state index in [4.69, 9.17) is 16.3 Å². The first-order valence-electron chi connectivity index (χ1n) is 9.90. The summed E-state index contributed by atoms with van der Waals surface area (Å²) >= 11 is 6.51. The number of hydrogen-bond acceptors (Lipinski definition) is 5. The summed E-state index contributed by atoms with van der Waals surface area (Å²) in [5.41, 5.74) is 2.36. The van der Waals surface area contributed by atoms with Crippen LogP contribution in [0.15, 0.2) is 30.5 Å². The first-order chi connectivity index (χ1) is 14.8. The van der Waals surface area contributed by atoms with E-state index in [0.29, 0.717) is 32.9 Å². The smallest absolute Gasteiger partial charge is 0.337 e. The molecule has 0 unspecified atom stereocenters. The van der Waals surface area contributed by atoms with Crippen molar-refractivity contribution in [2.24, 2.45) is 5.41 Å². The Hall–Kier alpha value is -3.26. The van der Waals surface area contributed by atoms with Crippen molar-refractivity contribution in [2.45, 2.75) is 6.92 Å². The fourth-order valence-corrected chi connectivity index (χ4v) is 4.87. The van der Waals surface area contributed by atoms with Gasteiger partial charge in [-0.2, -0.15) is 4.98 Å². The van der Waals surface area contributed by atoms with Crippen LogP contribution in [-0.2, 0) is 4.79 Å². The molecule has 0 radical (unpaired) electrons. The topological polar surface area (TPSA) is 98.8 Å². The number of anilines is 1. The van der Waals surface area contributed by atoms with Gasteiger partial charge >= 0.3 is 5.97 Å². The number of amides is 1. The van der Waals surface area contributed by atoms with Crippen molar-refractivity contribution < 1.29 is 19.4 Å². The molecule has 3 aromatic rings. The lowest BCUT2D eigenvalue weighted by Gasteiger charge is -2.60. The van der Waals surface area contributed by atoms with Gasteiger partial charge in [0.25, 0.3) is 0 Å². The van der Waals surface area contributed by atoms with Crippen molar-refractivity contribution in [2.75, 3.05) is 38.2 Å². The molecule has 2 N–H and O–H groups in total. The highest BCUT2D eigenvalue weighted by Gasteiger charge is 2.52. The third kappa shape index (κ3) is 3.09. The maximum atomic E-state index is 11.5. The summed E-state index contributed by atoms with van der Waals surface area (Å²) in [6.45, 7) is 4.90. The summed E-state index contributed by atoms with van der Waals surface area (Å²) in [5.74, 6) is 0.338. The zero-order valence-electron chi connectivity index (χ0n) is 17.1. The maximum Gasteiger partial charge on any atom is 0.337 e. The van der Waals surface area contributed by atoms with E-state index in [-0.39, 0.29) is 16.9 Å². The number of halogens is 1. The molecule has 1 spiro atoms. The average molecular weight is 441 g/mol. The number of benzene rings is 1. The monoisotopic (exact) mass is 440 g/mol. The van der Waals surface area contributed by atoms with Gasteiger partial charge in [0.15, 0.2) is 0 Å². The maximum absolute atomic E-state index is 11.5. The number of hydrogen-bond donors (Lipinski definition) is 2. The molecule has 2 aliphatic heterocycles. The first kappa shape index (κ1) is 19.7. The number of likely N-dealkylation sites (tertiary alicyclic amines) is 1. The van der Waals surface area contributed by atoms with Crippen LogP contribution in [-0.4, -0.2) is 65.1 Å². The van der Waals surface area contributed by atoms with E-state index in [9.17, 15) is 14.7 Å². The largest absolute Gasteiger partial charge is 0.480 e. The average Bonchev–Trinajstić information content (AvgIpc) is 3.07. The second-order valence-electron chi connectivity index (χ2n) is 8.34. The van der Waals surface area contributed by atoms with E-state index in [1.54, 1.807) is 26.2 Å². The minimum absolute atomic E-state index is 0.121.